The Labute approximate surface area is 117 Å². The lowest BCUT2D eigenvalue weighted by Gasteiger charge is -2.06. The number of allylic oxidation sites excluding steroid dienone is 1. The standard InChI is InChI=1S/C15H15N3O2/c1-17-12(6-8-16)4-2-11-3-5-14-13(10-11)18-15(19)7-9-20-14/h3,5-6,8,10H,7,9,16H2,1H3,(H,18,19). The lowest BCUT2D eigenvalue weighted by Crippen LogP contribution is -2.10. The van der Waals surface area contributed by atoms with Crippen LogP contribution in [0.4, 0.5) is 5.69 Å². The molecule has 1 aliphatic heterocycles. The topological polar surface area (TPSA) is 76.7 Å². The van der Waals surface area contributed by atoms with Gasteiger partial charge < -0.3 is 15.8 Å². The Bertz CT molecular complexity index is 636. The normalized spacial score (nSPS) is 14.7. The molecule has 5 heteroatoms. The molecule has 0 atom stereocenters. The number of carbonyl (C=O) groups is 1. The number of hydrogen-bond donors (Lipinski definition) is 2. The Morgan fingerprint density at radius 1 is 1.55 bits per heavy atom. The van der Waals surface area contributed by atoms with E-state index in [4.69, 9.17) is 10.5 Å². The predicted molar refractivity (Wildman–Crippen MR) is 78.7 cm³/mol. The van der Waals surface area contributed by atoms with Crippen LogP contribution in [0.15, 0.2) is 35.5 Å². The first-order valence-electron chi connectivity index (χ1n) is 6.16. The molecule has 0 spiro atoms. The quantitative estimate of drug-likeness (QED) is 0.596. The van der Waals surface area contributed by atoms with Crippen molar-refractivity contribution in [3.05, 3.63) is 36.0 Å². The van der Waals surface area contributed by atoms with Gasteiger partial charge in [0, 0.05) is 12.6 Å². The molecule has 1 amide bonds. The van der Waals surface area contributed by atoms with Crippen molar-refractivity contribution in [2.24, 2.45) is 10.7 Å². The summed E-state index contributed by atoms with van der Waals surface area (Å²) in [5.74, 6) is 6.47. The molecule has 0 aromatic heterocycles. The summed E-state index contributed by atoms with van der Waals surface area (Å²) in [7, 11) is 1.65. The van der Waals surface area contributed by atoms with Gasteiger partial charge in [0.2, 0.25) is 5.91 Å². The summed E-state index contributed by atoms with van der Waals surface area (Å²) in [4.78, 5) is 15.5. The SMILES string of the molecule is CN=C(C#Cc1ccc2c(c1)NC(=O)CCO2)C=CN. The zero-order valence-electron chi connectivity index (χ0n) is 11.1. The van der Waals surface area contributed by atoms with Gasteiger partial charge in [-0.1, -0.05) is 5.92 Å². The van der Waals surface area contributed by atoms with Crippen LogP contribution >= 0.6 is 0 Å². The van der Waals surface area contributed by atoms with Gasteiger partial charge >= 0.3 is 0 Å². The highest BCUT2D eigenvalue weighted by atomic mass is 16.5. The summed E-state index contributed by atoms with van der Waals surface area (Å²) in [5, 5.41) is 2.79. The number of anilines is 1. The van der Waals surface area contributed by atoms with Gasteiger partial charge in [-0.15, -0.1) is 0 Å². The molecular formula is C15H15N3O2. The fraction of sp³-hybridized carbons (Fsp3) is 0.200. The molecule has 5 nitrogen and oxygen atoms in total. The molecule has 1 heterocycles. The van der Waals surface area contributed by atoms with Crippen LogP contribution in [0.25, 0.3) is 0 Å². The largest absolute Gasteiger partial charge is 0.491 e. The minimum Gasteiger partial charge on any atom is -0.491 e. The van der Waals surface area contributed by atoms with E-state index in [1.807, 2.05) is 6.07 Å². The average molecular weight is 269 g/mol. The minimum absolute atomic E-state index is 0.0595. The van der Waals surface area contributed by atoms with E-state index in [0.717, 1.165) is 5.56 Å². The third kappa shape index (κ3) is 3.39. The number of amides is 1. The fourth-order valence-corrected chi connectivity index (χ4v) is 1.70. The zero-order valence-corrected chi connectivity index (χ0v) is 11.1. The van der Waals surface area contributed by atoms with Crippen molar-refractivity contribution in [2.75, 3.05) is 19.0 Å². The lowest BCUT2D eigenvalue weighted by molar-refractivity contribution is -0.116. The van der Waals surface area contributed by atoms with Crippen molar-refractivity contribution >= 4 is 17.3 Å². The fourth-order valence-electron chi connectivity index (χ4n) is 1.70. The second-order valence-corrected chi connectivity index (χ2v) is 4.08. The summed E-state index contributed by atoms with van der Waals surface area (Å²) < 4.78 is 5.48. The van der Waals surface area contributed by atoms with Crippen molar-refractivity contribution in [3.63, 3.8) is 0 Å². The predicted octanol–water partition coefficient (Wildman–Crippen LogP) is 1.30. The van der Waals surface area contributed by atoms with Gasteiger partial charge in [0.1, 0.15) is 11.5 Å². The van der Waals surface area contributed by atoms with Crippen LogP contribution in [-0.4, -0.2) is 25.3 Å². The highest BCUT2D eigenvalue weighted by Gasteiger charge is 2.13. The molecule has 1 aliphatic rings. The van der Waals surface area contributed by atoms with Gasteiger partial charge in [-0.3, -0.25) is 9.79 Å². The summed E-state index contributed by atoms with van der Waals surface area (Å²) in [6.45, 7) is 0.387. The van der Waals surface area contributed by atoms with Crippen molar-refractivity contribution in [3.8, 4) is 17.6 Å². The molecule has 20 heavy (non-hydrogen) atoms. The second kappa shape index (κ2) is 6.43. The highest BCUT2D eigenvalue weighted by molar-refractivity contribution is 6.08. The Morgan fingerprint density at radius 2 is 2.40 bits per heavy atom. The molecule has 1 aromatic carbocycles. The Balaban J connectivity index is 2.27. The minimum atomic E-state index is -0.0595. The number of carbonyl (C=O) groups excluding carboxylic acids is 1. The van der Waals surface area contributed by atoms with Crippen LogP contribution in [0.3, 0.4) is 0 Å². The number of aliphatic imine (C=N–C) groups is 1. The first-order valence-corrected chi connectivity index (χ1v) is 6.16. The van der Waals surface area contributed by atoms with Crippen LogP contribution in [0, 0.1) is 11.8 Å². The number of nitrogens with one attached hydrogen (secondary N) is 1. The summed E-state index contributed by atoms with van der Waals surface area (Å²) in [6.07, 6.45) is 3.37. The van der Waals surface area contributed by atoms with E-state index in [-0.39, 0.29) is 5.91 Å². The van der Waals surface area contributed by atoms with Gasteiger partial charge in [0.25, 0.3) is 0 Å². The van der Waals surface area contributed by atoms with Crippen molar-refractivity contribution < 1.29 is 9.53 Å². The molecule has 3 N–H and O–H groups in total. The first-order chi connectivity index (χ1) is 9.72. The molecule has 0 aliphatic carbocycles. The molecular weight excluding hydrogens is 254 g/mol. The summed E-state index contributed by atoms with van der Waals surface area (Å²) >= 11 is 0. The molecule has 2 rings (SSSR count). The third-order valence-electron chi connectivity index (χ3n) is 2.67. The van der Waals surface area contributed by atoms with Crippen LogP contribution < -0.4 is 15.8 Å². The Hall–Kier alpha value is -2.74. The smallest absolute Gasteiger partial charge is 0.227 e. The number of nitrogens with two attached hydrogens (primary N) is 1. The van der Waals surface area contributed by atoms with Gasteiger partial charge in [-0.2, -0.15) is 0 Å². The van der Waals surface area contributed by atoms with E-state index in [9.17, 15) is 4.79 Å². The maximum atomic E-state index is 11.5. The van der Waals surface area contributed by atoms with E-state index in [1.165, 1.54) is 6.20 Å². The second-order valence-electron chi connectivity index (χ2n) is 4.08. The molecule has 0 fully saturated rings. The van der Waals surface area contributed by atoms with Crippen molar-refractivity contribution in [2.45, 2.75) is 6.42 Å². The highest BCUT2D eigenvalue weighted by Crippen LogP contribution is 2.27. The van der Waals surface area contributed by atoms with Crippen molar-refractivity contribution in [1.29, 1.82) is 0 Å². The van der Waals surface area contributed by atoms with E-state index >= 15 is 0 Å². The summed E-state index contributed by atoms with van der Waals surface area (Å²) in [5.41, 5.74) is 7.30. The molecule has 102 valence electrons. The number of rotatable bonds is 1. The molecule has 0 saturated carbocycles. The Morgan fingerprint density at radius 3 is 3.15 bits per heavy atom. The maximum absolute atomic E-state index is 11.5. The molecule has 0 saturated heterocycles. The maximum Gasteiger partial charge on any atom is 0.227 e. The van der Waals surface area contributed by atoms with E-state index < -0.39 is 0 Å². The van der Waals surface area contributed by atoms with Gasteiger partial charge in [0.15, 0.2) is 0 Å². The van der Waals surface area contributed by atoms with Crippen LogP contribution in [0.2, 0.25) is 0 Å². The third-order valence-corrected chi connectivity index (χ3v) is 2.67. The molecule has 0 bridgehead atoms. The van der Waals surface area contributed by atoms with Gasteiger partial charge in [-0.25, -0.2) is 0 Å². The monoisotopic (exact) mass is 269 g/mol. The molecule has 1 aromatic rings. The van der Waals surface area contributed by atoms with Crippen LogP contribution in [0.1, 0.15) is 12.0 Å². The zero-order chi connectivity index (χ0) is 14.4. The average Bonchev–Trinajstić information content (AvgIpc) is 2.63. The lowest BCUT2D eigenvalue weighted by atomic mass is 10.1. The van der Waals surface area contributed by atoms with Crippen LogP contribution in [-0.2, 0) is 4.79 Å². The Kier molecular flexibility index (Phi) is 4.40. The van der Waals surface area contributed by atoms with E-state index in [0.29, 0.717) is 30.2 Å². The molecule has 0 radical (unpaired) electrons. The van der Waals surface area contributed by atoms with Crippen LogP contribution in [0.5, 0.6) is 5.75 Å². The number of benzene rings is 1. The van der Waals surface area contributed by atoms with Crippen molar-refractivity contribution in [1.82, 2.24) is 0 Å². The molecule has 0 unspecified atom stereocenters. The summed E-state index contributed by atoms with van der Waals surface area (Å²) in [6, 6.07) is 5.42. The number of hydrogen-bond acceptors (Lipinski definition) is 4. The number of fused-ring (bicyclic) bond motifs is 1. The van der Waals surface area contributed by atoms with Gasteiger partial charge in [-0.05, 0) is 36.4 Å². The number of ether oxygens (including phenoxy) is 1. The van der Waals surface area contributed by atoms with E-state index in [2.05, 4.69) is 22.2 Å². The first kappa shape index (κ1) is 13.7. The van der Waals surface area contributed by atoms with E-state index in [1.54, 1.807) is 25.3 Å². The van der Waals surface area contributed by atoms with Gasteiger partial charge in [0.05, 0.1) is 18.7 Å². The number of nitrogens with zero attached hydrogens (tertiary/aromatic N) is 1.